The lowest BCUT2D eigenvalue weighted by molar-refractivity contribution is -0.121. The van der Waals surface area contributed by atoms with E-state index in [1.165, 1.54) is 71.9 Å². The number of nitrogens with two attached hydrogens (primary N) is 1. The van der Waals surface area contributed by atoms with Crippen molar-refractivity contribution in [1.82, 2.24) is 35.3 Å². The van der Waals surface area contributed by atoms with Crippen LogP contribution < -0.4 is 79.1 Å². The molecule has 2 atom stereocenters. The Morgan fingerprint density at radius 3 is 1.13 bits per heavy atom. The third-order valence-corrected chi connectivity index (χ3v) is 26.1. The van der Waals surface area contributed by atoms with Gasteiger partial charge in [0, 0.05) is 50.3 Å². The molecular formula is C113H122F3N9O18. The van der Waals surface area contributed by atoms with Crippen molar-refractivity contribution in [2.75, 3.05) is 131 Å². The van der Waals surface area contributed by atoms with Gasteiger partial charge in [0.05, 0.1) is 129 Å². The van der Waals surface area contributed by atoms with Gasteiger partial charge in [-0.3, -0.25) is 29.0 Å². The lowest BCUT2D eigenvalue weighted by Crippen LogP contribution is -2.46. The van der Waals surface area contributed by atoms with Gasteiger partial charge in [-0.2, -0.15) is 0 Å². The van der Waals surface area contributed by atoms with Gasteiger partial charge in [-0.1, -0.05) is 24.3 Å². The number of halogens is 3. The molecule has 143 heavy (non-hydrogen) atoms. The molecule has 10 aromatic rings. The average Bonchev–Trinajstić information content (AvgIpc) is 1.63. The molecule has 4 heterocycles. The maximum absolute atomic E-state index is 14.3. The summed E-state index contributed by atoms with van der Waals surface area (Å²) in [6.07, 6.45) is 16.8. The normalized spacial score (nSPS) is 16.1. The zero-order chi connectivity index (χ0) is 103. The maximum atomic E-state index is 14.3. The first-order valence-corrected chi connectivity index (χ1v) is 46.5. The number of piperidine rings is 1. The minimum absolute atomic E-state index is 0.0381. The molecular weight excluding hydrogens is 1830 g/mol. The molecule has 2 saturated heterocycles. The van der Waals surface area contributed by atoms with E-state index in [1.54, 1.807) is 105 Å². The number of nitrogens with one attached hydrogen (secondary N) is 4. The summed E-state index contributed by atoms with van der Waals surface area (Å²) in [4.78, 5) is 84.5. The van der Waals surface area contributed by atoms with E-state index in [4.69, 9.17) is 62.6 Å². The van der Waals surface area contributed by atoms with Crippen LogP contribution in [0.3, 0.4) is 0 Å². The molecule has 27 nitrogen and oxygen atoms in total. The molecule has 5 amide bonds. The SMILES string of the molecule is COC(=O)c1c(OC)cc(/C=C2/C(C)=C(CC(=O)NC3CCN(C)C3)c3cc(F)ccc32)cc1OC.COc1cc(/C=C2/C(C)=C(CC(=O)NC3CCCN(C)C3)c3cc(F)ccc32)cc(OC)c1OC.COc1cc(/C=C2/C(C)=C(CC(=O)Nc3cncc(C)c3)c3cc(F)ccc32)cc(OC)c1OC.COc1ccc2c(c1)C(CC(=O)NCc1cccn1C)=C(C)/C2=C/c1cc(OC)c(C(N)=O)c(OC)c1. The second-order valence-corrected chi connectivity index (χ2v) is 35.4. The lowest BCUT2D eigenvalue weighted by Gasteiger charge is -2.30. The van der Waals surface area contributed by atoms with Crippen LogP contribution in [0.2, 0.25) is 0 Å². The van der Waals surface area contributed by atoms with Gasteiger partial charge >= 0.3 is 5.97 Å². The van der Waals surface area contributed by atoms with E-state index in [-0.39, 0.29) is 90.0 Å². The molecule has 30 heteroatoms. The number of aryl methyl sites for hydroxylation is 2. The molecule has 2 unspecified atom stereocenters. The monoisotopic (exact) mass is 1950 g/mol. The molecule has 0 radical (unpaired) electrons. The number of hydrogen-bond donors (Lipinski definition) is 5. The minimum Gasteiger partial charge on any atom is -0.497 e. The largest absolute Gasteiger partial charge is 0.497 e. The topological polar surface area (TPSA) is 312 Å². The number of primary amides is 1. The van der Waals surface area contributed by atoms with E-state index in [9.17, 15) is 41.9 Å². The minimum atomic E-state index is -0.633. The molecule has 8 aromatic carbocycles. The summed E-state index contributed by atoms with van der Waals surface area (Å²) in [6, 6.07) is 40.3. The highest BCUT2D eigenvalue weighted by Crippen LogP contribution is 2.52. The second-order valence-electron chi connectivity index (χ2n) is 35.4. The number of likely N-dealkylation sites (N-methyl/N-ethyl adjacent to an activating group) is 2. The van der Waals surface area contributed by atoms with Crippen LogP contribution in [0.4, 0.5) is 18.9 Å². The van der Waals surface area contributed by atoms with Crippen LogP contribution in [-0.4, -0.2) is 193 Å². The highest BCUT2D eigenvalue weighted by molar-refractivity contribution is 6.13. The molecule has 0 saturated carbocycles. The van der Waals surface area contributed by atoms with E-state index in [0.717, 1.165) is 179 Å². The summed E-state index contributed by atoms with van der Waals surface area (Å²) in [7, 11) is 24.3. The fourth-order valence-corrected chi connectivity index (χ4v) is 19.0. The number of likely N-dealkylation sites (tertiary alicyclic amines) is 2. The molecule has 2 aliphatic heterocycles. The Morgan fingerprint density at radius 1 is 0.406 bits per heavy atom. The predicted octanol–water partition coefficient (Wildman–Crippen LogP) is 19.0. The second kappa shape index (κ2) is 47.1. The predicted molar refractivity (Wildman–Crippen MR) is 551 cm³/mol. The zero-order valence-electron chi connectivity index (χ0n) is 84.3. The number of ether oxygens (including phenoxy) is 12. The Balaban J connectivity index is 0.000000160. The fourth-order valence-electron chi connectivity index (χ4n) is 19.0. The number of esters is 1. The molecule has 748 valence electrons. The Kier molecular flexibility index (Phi) is 34.5. The highest BCUT2D eigenvalue weighted by Gasteiger charge is 2.35. The standard InChI is InChI=1S/C29H31N3O5.C28H31FN2O5.C28H27FN2O4.C28H33FN2O4/c1-17-22(11-18-12-25(36-4)28(29(30)34)26(13-18)37-5)21-9-8-20(35-3)14-24(21)23(17)15-27(33)31-16-19-7-6-10-32(19)2;1-16-21(10-17-11-24(34-3)27(28(33)36-5)25(12-17)35-4)20-7-6-18(29)13-23(20)22(16)14-26(32)30-19-8-9-31(2)15-19;1-16-8-20(15-30-14-16)31-27(32)13-23-17(2)22(21-7-6-19(29)12-24(21)23)9-18-10-25(33-3)28(35-5)26(11-18)34-4;1-17-22(11-18-12-25(33-3)28(35-5)26(13-18)34-4)21-9-8-19(29)14-24(21)23(17)15-27(32)30-20-7-6-10-31(2)16-20/h6-14H,15-16H2,1-5H3,(H2,30,34)(H,31,33);6-7,10-13,19H,8-9,14-15H2,1-5H3,(H,30,32);6-12,14-15H,13H2,1-5H3,(H,31,32);8-9,11-14,20H,6-7,10,15-16H2,1-5H3,(H,30,32)/b22-11-;21-10-;22-9-;22-11-. The number of pyridine rings is 1. The van der Waals surface area contributed by atoms with Crippen LogP contribution in [0.5, 0.6) is 63.2 Å². The van der Waals surface area contributed by atoms with Crippen LogP contribution in [0, 0.1) is 24.4 Å². The molecule has 6 N–H and O–H groups in total. The van der Waals surface area contributed by atoms with Crippen molar-refractivity contribution in [3.05, 3.63) is 287 Å². The van der Waals surface area contributed by atoms with Crippen molar-refractivity contribution in [3.8, 4) is 63.2 Å². The maximum Gasteiger partial charge on any atom is 0.345 e. The number of fused-ring (bicyclic) bond motifs is 4. The number of methoxy groups -OCH3 is 12. The number of amides is 5. The lowest BCUT2D eigenvalue weighted by atomic mass is 9.99. The summed E-state index contributed by atoms with van der Waals surface area (Å²) < 4.78 is 110. The van der Waals surface area contributed by atoms with Gasteiger partial charge in [-0.15, -0.1) is 0 Å². The van der Waals surface area contributed by atoms with Crippen molar-refractivity contribution in [2.45, 2.75) is 98.2 Å². The summed E-state index contributed by atoms with van der Waals surface area (Å²) in [6.45, 7) is 13.9. The molecule has 16 rings (SSSR count). The number of hydrogen-bond acceptors (Lipinski definition) is 21. The molecule has 0 bridgehead atoms. The number of carbonyl (C=O) groups excluding carboxylic acids is 6. The number of allylic oxidation sites excluding steroid dienone is 8. The summed E-state index contributed by atoms with van der Waals surface area (Å²) >= 11 is 0. The fraction of sp³-hybridized carbons (Fsp3) is 0.301. The number of aromatic nitrogens is 2. The number of anilines is 1. The zero-order valence-corrected chi connectivity index (χ0v) is 84.3. The first-order valence-electron chi connectivity index (χ1n) is 46.5. The summed E-state index contributed by atoms with van der Waals surface area (Å²) in [5.41, 5.74) is 29.1. The molecule has 4 aliphatic carbocycles. The van der Waals surface area contributed by atoms with E-state index in [0.29, 0.717) is 86.6 Å². The van der Waals surface area contributed by atoms with Gasteiger partial charge in [0.25, 0.3) is 5.91 Å². The quantitative estimate of drug-likeness (QED) is 0.0261. The molecule has 0 spiro atoms. The van der Waals surface area contributed by atoms with Crippen molar-refractivity contribution >= 4 is 110 Å². The van der Waals surface area contributed by atoms with Gasteiger partial charge in [-0.05, 0) is 360 Å². The Labute approximate surface area is 831 Å². The van der Waals surface area contributed by atoms with Crippen LogP contribution in [-0.2, 0) is 37.5 Å². The Hall–Kier alpha value is -15.6. The van der Waals surface area contributed by atoms with Crippen LogP contribution >= 0.6 is 0 Å². The van der Waals surface area contributed by atoms with Gasteiger partial charge < -0.3 is 98.2 Å². The highest BCUT2D eigenvalue weighted by atomic mass is 19.1. The molecule has 6 aliphatic rings. The number of rotatable bonds is 30. The third kappa shape index (κ3) is 24.2. The van der Waals surface area contributed by atoms with Gasteiger partial charge in [0.15, 0.2) is 23.0 Å². The number of nitrogens with zero attached hydrogens (tertiary/aromatic N) is 4. The van der Waals surface area contributed by atoms with Gasteiger partial charge in [0.2, 0.25) is 35.1 Å². The van der Waals surface area contributed by atoms with Gasteiger partial charge in [0.1, 0.15) is 57.3 Å². The van der Waals surface area contributed by atoms with Gasteiger partial charge in [-0.25, -0.2) is 18.0 Å². The number of benzene rings is 8. The molecule has 2 aromatic heterocycles. The summed E-state index contributed by atoms with van der Waals surface area (Å²) in [5, 5.41) is 12.2. The third-order valence-electron chi connectivity index (χ3n) is 26.1. The first-order chi connectivity index (χ1) is 68.7. The van der Waals surface area contributed by atoms with Crippen molar-refractivity contribution in [1.29, 1.82) is 0 Å². The first kappa shape index (κ1) is 105. The summed E-state index contributed by atoms with van der Waals surface area (Å²) in [5.74, 6) is 2.56. The smallest absolute Gasteiger partial charge is 0.345 e. The number of carbonyl (C=O) groups is 6. The van der Waals surface area contributed by atoms with E-state index < -0.39 is 11.9 Å². The molecule has 2 fully saturated rings. The van der Waals surface area contributed by atoms with Crippen molar-refractivity contribution in [3.63, 3.8) is 0 Å². The van der Waals surface area contributed by atoms with E-state index in [2.05, 4.69) is 43.1 Å². The van der Waals surface area contributed by atoms with Crippen LogP contribution in [0.25, 0.3) is 68.9 Å². The van der Waals surface area contributed by atoms with E-state index >= 15 is 0 Å². The van der Waals surface area contributed by atoms with Crippen molar-refractivity contribution < 1.29 is 98.8 Å². The van der Waals surface area contributed by atoms with Crippen molar-refractivity contribution in [2.24, 2.45) is 12.8 Å². The van der Waals surface area contributed by atoms with E-state index in [1.807, 2.05) is 144 Å². The average molecular weight is 1950 g/mol. The van der Waals surface area contributed by atoms with Crippen LogP contribution in [0.1, 0.15) is 171 Å². The Morgan fingerprint density at radius 2 is 0.776 bits per heavy atom. The Bertz CT molecular complexity index is 6760. The van der Waals surface area contributed by atoms with Crippen LogP contribution in [0.15, 0.2) is 180 Å².